The van der Waals surface area contributed by atoms with E-state index >= 15 is 0 Å². The maximum atomic E-state index is 10.6. The summed E-state index contributed by atoms with van der Waals surface area (Å²) in [5.74, 6) is 0. The van der Waals surface area contributed by atoms with E-state index in [4.69, 9.17) is 0 Å². The first-order valence-electron chi connectivity index (χ1n) is 5.94. The van der Waals surface area contributed by atoms with Crippen LogP contribution in [0.15, 0.2) is 36.5 Å². The Morgan fingerprint density at radius 3 is 2.94 bits per heavy atom. The van der Waals surface area contributed by atoms with Crippen molar-refractivity contribution in [3.8, 4) is 0 Å². The highest BCUT2D eigenvalue weighted by Gasteiger charge is 2.36. The molecule has 0 amide bonds. The molecule has 1 aliphatic rings. The van der Waals surface area contributed by atoms with Crippen LogP contribution < -0.4 is 0 Å². The minimum atomic E-state index is -0.730. The predicted octanol–water partition coefficient (Wildman–Crippen LogP) is 1.76. The SMILES string of the molecule is CN1CCC(O)(c2cnc3ccccc3c2)C1. The number of fused-ring (bicyclic) bond motifs is 1. The molecule has 0 aliphatic carbocycles. The quantitative estimate of drug-likeness (QED) is 0.808. The lowest BCUT2D eigenvalue weighted by atomic mass is 9.93. The third-order valence-electron chi connectivity index (χ3n) is 3.57. The molecule has 1 unspecified atom stereocenters. The first-order chi connectivity index (χ1) is 8.17. The normalized spacial score (nSPS) is 25.5. The van der Waals surface area contributed by atoms with Gasteiger partial charge in [-0.1, -0.05) is 18.2 Å². The minimum absolute atomic E-state index is 0.688. The fourth-order valence-electron chi connectivity index (χ4n) is 2.54. The van der Waals surface area contributed by atoms with Gasteiger partial charge in [0.1, 0.15) is 5.60 Å². The first-order valence-corrected chi connectivity index (χ1v) is 5.94. The second kappa shape index (κ2) is 3.79. The molecular weight excluding hydrogens is 212 g/mol. The van der Waals surface area contributed by atoms with Crippen molar-refractivity contribution < 1.29 is 5.11 Å². The van der Waals surface area contributed by atoms with Gasteiger partial charge in [-0.3, -0.25) is 4.98 Å². The van der Waals surface area contributed by atoms with Gasteiger partial charge in [0.25, 0.3) is 0 Å². The topological polar surface area (TPSA) is 36.4 Å². The Morgan fingerprint density at radius 2 is 2.18 bits per heavy atom. The molecule has 1 aromatic heterocycles. The lowest BCUT2D eigenvalue weighted by molar-refractivity contribution is 0.0487. The van der Waals surface area contributed by atoms with E-state index in [0.29, 0.717) is 6.54 Å². The number of para-hydroxylation sites is 1. The summed E-state index contributed by atoms with van der Waals surface area (Å²) < 4.78 is 0. The molecule has 2 aromatic rings. The molecule has 1 N–H and O–H groups in total. The molecule has 3 heteroatoms. The first kappa shape index (κ1) is 10.7. The predicted molar refractivity (Wildman–Crippen MR) is 67.8 cm³/mol. The van der Waals surface area contributed by atoms with Gasteiger partial charge in [0.2, 0.25) is 0 Å². The summed E-state index contributed by atoms with van der Waals surface area (Å²) in [4.78, 5) is 6.57. The zero-order chi connectivity index (χ0) is 11.9. The molecule has 1 fully saturated rings. The van der Waals surface area contributed by atoms with E-state index in [1.807, 2.05) is 37.5 Å². The molecule has 17 heavy (non-hydrogen) atoms. The number of hydrogen-bond donors (Lipinski definition) is 1. The number of β-amino-alcohol motifs (C(OH)–C–C–N with tert-alkyl or cyclic N) is 1. The van der Waals surface area contributed by atoms with Crippen LogP contribution in [0.4, 0.5) is 0 Å². The molecule has 1 aromatic carbocycles. The number of likely N-dealkylation sites (N-methyl/N-ethyl adjacent to an activating group) is 1. The summed E-state index contributed by atoms with van der Waals surface area (Å²) in [5.41, 5.74) is 1.18. The highest BCUT2D eigenvalue weighted by atomic mass is 16.3. The molecule has 1 aliphatic heterocycles. The largest absolute Gasteiger partial charge is 0.384 e. The van der Waals surface area contributed by atoms with Gasteiger partial charge in [-0.25, -0.2) is 0 Å². The molecular formula is C14H16N2O. The molecule has 0 radical (unpaired) electrons. The molecule has 3 rings (SSSR count). The maximum Gasteiger partial charge on any atom is 0.105 e. The summed E-state index contributed by atoms with van der Waals surface area (Å²) in [6, 6.07) is 10.1. The summed E-state index contributed by atoms with van der Waals surface area (Å²) >= 11 is 0. The third kappa shape index (κ3) is 1.81. The van der Waals surface area contributed by atoms with Gasteiger partial charge < -0.3 is 10.0 Å². The second-order valence-electron chi connectivity index (χ2n) is 4.94. The molecule has 1 saturated heterocycles. The standard InChI is InChI=1S/C14H16N2O/c1-16-7-6-14(17,10-16)12-8-11-4-2-3-5-13(11)15-9-12/h2-5,8-9,17H,6-7,10H2,1H3. The number of nitrogens with zero attached hydrogens (tertiary/aromatic N) is 2. The number of hydrogen-bond acceptors (Lipinski definition) is 3. The van der Waals surface area contributed by atoms with Crippen LogP contribution in [0.1, 0.15) is 12.0 Å². The zero-order valence-corrected chi connectivity index (χ0v) is 9.93. The Kier molecular flexibility index (Phi) is 2.38. The van der Waals surface area contributed by atoms with Crippen molar-refractivity contribution in [3.05, 3.63) is 42.1 Å². The fourth-order valence-corrected chi connectivity index (χ4v) is 2.54. The third-order valence-corrected chi connectivity index (χ3v) is 3.57. The Balaban J connectivity index is 2.06. The van der Waals surface area contributed by atoms with Gasteiger partial charge in [-0.15, -0.1) is 0 Å². The smallest absolute Gasteiger partial charge is 0.105 e. The van der Waals surface area contributed by atoms with Gasteiger partial charge in [0.05, 0.1) is 5.52 Å². The minimum Gasteiger partial charge on any atom is -0.384 e. The van der Waals surface area contributed by atoms with E-state index in [1.54, 1.807) is 0 Å². The Bertz CT molecular complexity index is 555. The lowest BCUT2D eigenvalue weighted by Crippen LogP contribution is -2.29. The van der Waals surface area contributed by atoms with Crippen LogP contribution in [-0.2, 0) is 5.60 Å². The van der Waals surface area contributed by atoms with E-state index < -0.39 is 5.60 Å². The van der Waals surface area contributed by atoms with Crippen LogP contribution in [0.25, 0.3) is 10.9 Å². The highest BCUT2D eigenvalue weighted by Crippen LogP contribution is 2.31. The molecule has 0 saturated carbocycles. The Labute approximate surface area is 101 Å². The molecule has 3 nitrogen and oxygen atoms in total. The van der Waals surface area contributed by atoms with Crippen molar-refractivity contribution in [1.82, 2.24) is 9.88 Å². The van der Waals surface area contributed by atoms with Crippen molar-refractivity contribution in [2.45, 2.75) is 12.0 Å². The zero-order valence-electron chi connectivity index (χ0n) is 9.93. The van der Waals surface area contributed by atoms with E-state index in [-0.39, 0.29) is 0 Å². The van der Waals surface area contributed by atoms with Crippen LogP contribution in [0, 0.1) is 0 Å². The molecule has 1 atom stereocenters. The lowest BCUT2D eigenvalue weighted by Gasteiger charge is -2.22. The maximum absolute atomic E-state index is 10.6. The molecule has 0 spiro atoms. The van der Waals surface area contributed by atoms with E-state index in [9.17, 15) is 5.11 Å². The number of rotatable bonds is 1. The fraction of sp³-hybridized carbons (Fsp3) is 0.357. The monoisotopic (exact) mass is 228 g/mol. The second-order valence-corrected chi connectivity index (χ2v) is 4.94. The molecule has 0 bridgehead atoms. The highest BCUT2D eigenvalue weighted by molar-refractivity contribution is 5.78. The summed E-state index contributed by atoms with van der Waals surface area (Å²) in [7, 11) is 2.03. The van der Waals surface area contributed by atoms with Crippen molar-refractivity contribution in [1.29, 1.82) is 0 Å². The van der Waals surface area contributed by atoms with Crippen LogP contribution in [0.5, 0.6) is 0 Å². The number of aliphatic hydroxyl groups is 1. The van der Waals surface area contributed by atoms with Crippen LogP contribution in [0.2, 0.25) is 0 Å². The number of likely N-dealkylation sites (tertiary alicyclic amines) is 1. The van der Waals surface area contributed by atoms with Crippen molar-refractivity contribution >= 4 is 10.9 Å². The van der Waals surface area contributed by atoms with E-state index in [1.165, 1.54) is 0 Å². The van der Waals surface area contributed by atoms with Crippen molar-refractivity contribution in [2.75, 3.05) is 20.1 Å². The van der Waals surface area contributed by atoms with Crippen molar-refractivity contribution in [3.63, 3.8) is 0 Å². The summed E-state index contributed by atoms with van der Waals surface area (Å²) in [5, 5.41) is 11.7. The van der Waals surface area contributed by atoms with Gasteiger partial charge >= 0.3 is 0 Å². The van der Waals surface area contributed by atoms with Crippen LogP contribution in [0.3, 0.4) is 0 Å². The Morgan fingerprint density at radius 1 is 1.35 bits per heavy atom. The van der Waals surface area contributed by atoms with Crippen LogP contribution >= 0.6 is 0 Å². The summed E-state index contributed by atoms with van der Waals surface area (Å²) in [6.45, 7) is 1.62. The van der Waals surface area contributed by atoms with E-state index in [0.717, 1.165) is 29.4 Å². The van der Waals surface area contributed by atoms with E-state index in [2.05, 4.69) is 16.0 Å². The number of pyridine rings is 1. The van der Waals surface area contributed by atoms with Gasteiger partial charge in [-0.05, 0) is 25.6 Å². The van der Waals surface area contributed by atoms with Gasteiger partial charge in [-0.2, -0.15) is 0 Å². The average molecular weight is 228 g/mol. The molecule has 88 valence electrons. The number of benzene rings is 1. The number of aromatic nitrogens is 1. The molecule has 2 heterocycles. The average Bonchev–Trinajstić information content (AvgIpc) is 2.70. The van der Waals surface area contributed by atoms with Crippen molar-refractivity contribution in [2.24, 2.45) is 0 Å². The van der Waals surface area contributed by atoms with Gasteiger partial charge in [0.15, 0.2) is 0 Å². The Hall–Kier alpha value is -1.45. The van der Waals surface area contributed by atoms with Gasteiger partial charge in [0, 0.05) is 30.2 Å². The van der Waals surface area contributed by atoms with Crippen LogP contribution in [-0.4, -0.2) is 35.1 Å². The summed E-state index contributed by atoms with van der Waals surface area (Å²) in [6.07, 6.45) is 2.59.